The molecule has 2 amide bonds. The minimum absolute atomic E-state index is 0.0171. The highest BCUT2D eigenvalue weighted by molar-refractivity contribution is 7.16. The Morgan fingerprint density at radius 2 is 2.07 bits per heavy atom. The molecule has 3 N–H and O–H groups in total. The fraction of sp³-hybridized carbons (Fsp3) is 0.400. The van der Waals surface area contributed by atoms with E-state index in [0.29, 0.717) is 13.1 Å². The Hall–Kier alpha value is -2.54. The van der Waals surface area contributed by atoms with E-state index in [9.17, 15) is 9.59 Å². The van der Waals surface area contributed by atoms with E-state index < -0.39 is 0 Å². The molecule has 0 saturated carbocycles. The zero-order valence-electron chi connectivity index (χ0n) is 15.3. The van der Waals surface area contributed by atoms with Crippen LogP contribution in [0.15, 0.2) is 18.2 Å². The molecule has 6 nitrogen and oxygen atoms in total. The highest BCUT2D eigenvalue weighted by atomic mass is 32.1. The van der Waals surface area contributed by atoms with Crippen molar-refractivity contribution >= 4 is 33.8 Å². The lowest BCUT2D eigenvalue weighted by Gasteiger charge is -2.27. The number of carbonyl (C=O) groups is 2. The monoisotopic (exact) mass is 385 g/mol. The second-order valence-electron chi connectivity index (χ2n) is 7.06. The van der Waals surface area contributed by atoms with Gasteiger partial charge in [0.2, 0.25) is 5.91 Å². The first-order valence-corrected chi connectivity index (χ1v) is 10.0. The van der Waals surface area contributed by atoms with Gasteiger partial charge in [-0.25, -0.2) is 0 Å². The molecule has 4 rings (SSSR count). The fourth-order valence-corrected chi connectivity index (χ4v) is 4.96. The zero-order chi connectivity index (χ0) is 19.0. The van der Waals surface area contributed by atoms with Crippen molar-refractivity contribution in [3.8, 4) is 5.75 Å². The average molecular weight is 385 g/mol. The number of nitrogens with one attached hydrogen (secondary N) is 1. The molecule has 1 aromatic carbocycles. The Labute approximate surface area is 162 Å². The molecular weight excluding hydrogens is 362 g/mol. The van der Waals surface area contributed by atoms with Crippen molar-refractivity contribution in [2.75, 3.05) is 24.2 Å². The second-order valence-corrected chi connectivity index (χ2v) is 8.19. The van der Waals surface area contributed by atoms with Crippen LogP contribution in [-0.4, -0.2) is 29.9 Å². The number of nitrogen functional groups attached to an aromatic ring is 1. The van der Waals surface area contributed by atoms with Crippen LogP contribution >= 0.6 is 11.3 Å². The number of amides is 2. The van der Waals surface area contributed by atoms with Crippen molar-refractivity contribution in [3.63, 3.8) is 0 Å². The number of anilines is 2. The summed E-state index contributed by atoms with van der Waals surface area (Å²) >= 11 is 1.59. The number of thiophene rings is 1. The maximum Gasteiger partial charge on any atom is 0.260 e. The van der Waals surface area contributed by atoms with Gasteiger partial charge in [-0.3, -0.25) is 9.59 Å². The van der Waals surface area contributed by atoms with Crippen molar-refractivity contribution in [3.05, 3.63) is 39.8 Å². The zero-order valence-corrected chi connectivity index (χ0v) is 16.2. The molecule has 142 valence electrons. The highest BCUT2D eigenvalue weighted by Gasteiger charge is 2.24. The topological polar surface area (TPSA) is 84.7 Å². The summed E-state index contributed by atoms with van der Waals surface area (Å²) in [7, 11) is 0. The SMILES string of the molecule is CC(=O)Nc1cc2c(s1)CCN(C(=O)COc1ccc(N)c3c1CCC3)C2. The van der Waals surface area contributed by atoms with E-state index in [1.54, 1.807) is 11.3 Å². The first-order chi connectivity index (χ1) is 13.0. The van der Waals surface area contributed by atoms with Crippen molar-refractivity contribution < 1.29 is 14.3 Å². The summed E-state index contributed by atoms with van der Waals surface area (Å²) in [5.74, 6) is 0.689. The molecule has 0 saturated heterocycles. The normalized spacial score (nSPS) is 15.2. The van der Waals surface area contributed by atoms with Crippen LogP contribution in [0, 0.1) is 0 Å². The van der Waals surface area contributed by atoms with Crippen LogP contribution in [0.5, 0.6) is 5.75 Å². The van der Waals surface area contributed by atoms with E-state index in [4.69, 9.17) is 10.5 Å². The maximum absolute atomic E-state index is 12.6. The van der Waals surface area contributed by atoms with Gasteiger partial charge < -0.3 is 20.7 Å². The molecule has 0 atom stereocenters. The molecule has 1 aromatic heterocycles. The summed E-state index contributed by atoms with van der Waals surface area (Å²) in [5.41, 5.74) is 10.3. The minimum atomic E-state index is -0.0778. The number of nitrogens with zero attached hydrogens (tertiary/aromatic N) is 1. The van der Waals surface area contributed by atoms with Crippen molar-refractivity contribution in [1.82, 2.24) is 4.90 Å². The molecule has 1 aliphatic carbocycles. The number of rotatable bonds is 4. The predicted molar refractivity (Wildman–Crippen MR) is 106 cm³/mol. The Kier molecular flexibility index (Phi) is 4.78. The summed E-state index contributed by atoms with van der Waals surface area (Å²) < 4.78 is 5.86. The van der Waals surface area contributed by atoms with Gasteiger partial charge >= 0.3 is 0 Å². The molecule has 0 bridgehead atoms. The minimum Gasteiger partial charge on any atom is -0.483 e. The Morgan fingerprint density at radius 1 is 1.26 bits per heavy atom. The van der Waals surface area contributed by atoms with E-state index in [1.165, 1.54) is 17.4 Å². The predicted octanol–water partition coefficient (Wildman–Crippen LogP) is 2.74. The van der Waals surface area contributed by atoms with Crippen molar-refractivity contribution in [1.29, 1.82) is 0 Å². The van der Waals surface area contributed by atoms with Gasteiger partial charge in [0.1, 0.15) is 5.75 Å². The molecule has 1 aliphatic heterocycles. The molecule has 27 heavy (non-hydrogen) atoms. The third-order valence-corrected chi connectivity index (χ3v) is 6.30. The molecule has 0 radical (unpaired) electrons. The third-order valence-electron chi connectivity index (χ3n) is 5.15. The molecule has 2 aliphatic rings. The lowest BCUT2D eigenvalue weighted by Crippen LogP contribution is -2.38. The number of nitrogens with two attached hydrogens (primary N) is 1. The van der Waals surface area contributed by atoms with E-state index in [1.807, 2.05) is 23.1 Å². The third kappa shape index (κ3) is 3.64. The summed E-state index contributed by atoms with van der Waals surface area (Å²) in [6, 6.07) is 5.71. The summed E-state index contributed by atoms with van der Waals surface area (Å²) in [6.45, 7) is 2.77. The summed E-state index contributed by atoms with van der Waals surface area (Å²) in [5, 5.41) is 3.67. The maximum atomic E-state index is 12.6. The largest absolute Gasteiger partial charge is 0.483 e. The van der Waals surface area contributed by atoms with E-state index in [0.717, 1.165) is 53.2 Å². The van der Waals surface area contributed by atoms with Crippen LogP contribution in [-0.2, 0) is 35.4 Å². The van der Waals surface area contributed by atoms with Crippen LogP contribution in [0.2, 0.25) is 0 Å². The quantitative estimate of drug-likeness (QED) is 0.793. The second kappa shape index (κ2) is 7.23. The molecular formula is C20H23N3O3S. The van der Waals surface area contributed by atoms with Gasteiger partial charge in [0.05, 0.1) is 5.00 Å². The lowest BCUT2D eigenvalue weighted by molar-refractivity contribution is -0.134. The van der Waals surface area contributed by atoms with Gasteiger partial charge in [-0.05, 0) is 60.6 Å². The van der Waals surface area contributed by atoms with Gasteiger partial charge in [0.15, 0.2) is 6.61 Å². The van der Waals surface area contributed by atoms with Gasteiger partial charge in [0, 0.05) is 30.6 Å². The molecule has 7 heteroatoms. The standard InChI is InChI=1S/C20H23N3O3S/c1-12(24)22-19-9-13-10-23(8-7-18(13)27-19)20(25)11-26-17-6-5-16(21)14-3-2-4-15(14)17/h5-6,9H,2-4,7-8,10-11,21H2,1H3,(H,22,24). The van der Waals surface area contributed by atoms with Crippen LogP contribution in [0.3, 0.4) is 0 Å². The van der Waals surface area contributed by atoms with Gasteiger partial charge in [0.25, 0.3) is 5.91 Å². The van der Waals surface area contributed by atoms with E-state index in [-0.39, 0.29) is 18.4 Å². The summed E-state index contributed by atoms with van der Waals surface area (Å²) in [4.78, 5) is 26.9. The number of benzene rings is 1. The number of hydrogen-bond donors (Lipinski definition) is 2. The van der Waals surface area contributed by atoms with Crippen LogP contribution < -0.4 is 15.8 Å². The molecule has 0 unspecified atom stereocenters. The van der Waals surface area contributed by atoms with Crippen LogP contribution in [0.4, 0.5) is 10.7 Å². The highest BCUT2D eigenvalue weighted by Crippen LogP contribution is 2.35. The fourth-order valence-electron chi connectivity index (χ4n) is 3.85. The number of ether oxygens (including phenoxy) is 1. The smallest absolute Gasteiger partial charge is 0.260 e. The molecule has 0 fully saturated rings. The first kappa shape index (κ1) is 17.9. The first-order valence-electron chi connectivity index (χ1n) is 9.21. The Morgan fingerprint density at radius 3 is 2.89 bits per heavy atom. The number of carbonyl (C=O) groups excluding carboxylic acids is 2. The summed E-state index contributed by atoms with van der Waals surface area (Å²) in [6.07, 6.45) is 3.83. The van der Waals surface area contributed by atoms with Crippen molar-refractivity contribution in [2.24, 2.45) is 0 Å². The Balaban J connectivity index is 1.39. The van der Waals surface area contributed by atoms with Crippen LogP contribution in [0.1, 0.15) is 34.9 Å². The lowest BCUT2D eigenvalue weighted by atomic mass is 10.1. The van der Waals surface area contributed by atoms with Gasteiger partial charge in [-0.1, -0.05) is 0 Å². The Bertz CT molecular complexity index is 906. The van der Waals surface area contributed by atoms with E-state index in [2.05, 4.69) is 5.32 Å². The van der Waals surface area contributed by atoms with Gasteiger partial charge in [-0.15, -0.1) is 11.3 Å². The molecule has 0 spiro atoms. The van der Waals surface area contributed by atoms with Crippen LogP contribution in [0.25, 0.3) is 0 Å². The van der Waals surface area contributed by atoms with E-state index >= 15 is 0 Å². The van der Waals surface area contributed by atoms with Crippen molar-refractivity contribution in [2.45, 2.75) is 39.2 Å². The average Bonchev–Trinajstić information content (AvgIpc) is 3.26. The number of fused-ring (bicyclic) bond motifs is 2. The number of hydrogen-bond acceptors (Lipinski definition) is 5. The molecule has 2 heterocycles. The molecule has 2 aromatic rings. The van der Waals surface area contributed by atoms with Gasteiger partial charge in [-0.2, -0.15) is 0 Å².